The molecule has 0 aliphatic carbocycles. The molecule has 4 N–H and O–H groups in total. The minimum absolute atomic E-state index is 0.0493. The van der Waals surface area contributed by atoms with Crippen molar-refractivity contribution in [3.05, 3.63) is 46.3 Å². The molecule has 132 valence electrons. The Morgan fingerprint density at radius 2 is 2.04 bits per heavy atom. The molecule has 0 saturated carbocycles. The van der Waals surface area contributed by atoms with Crippen LogP contribution in [0.15, 0.2) is 18.2 Å². The summed E-state index contributed by atoms with van der Waals surface area (Å²) in [4.78, 5) is 24.9. The van der Waals surface area contributed by atoms with Crippen LogP contribution in [0.4, 0.5) is 5.69 Å². The van der Waals surface area contributed by atoms with E-state index in [-0.39, 0.29) is 17.9 Å². The first kappa shape index (κ1) is 17.2. The summed E-state index contributed by atoms with van der Waals surface area (Å²) >= 11 is 0. The Morgan fingerprint density at radius 3 is 2.80 bits per heavy atom. The van der Waals surface area contributed by atoms with Crippen LogP contribution >= 0.6 is 0 Å². The molecule has 0 fully saturated rings. The lowest BCUT2D eigenvalue weighted by Crippen LogP contribution is -2.30. The number of benzene rings is 1. The zero-order valence-electron chi connectivity index (χ0n) is 14.7. The molecule has 1 aliphatic heterocycles. The average Bonchev–Trinajstić information content (AvgIpc) is 3.00. The molecule has 1 aliphatic rings. The van der Waals surface area contributed by atoms with Crippen molar-refractivity contribution in [2.24, 2.45) is 0 Å². The van der Waals surface area contributed by atoms with Gasteiger partial charge in [-0.15, -0.1) is 0 Å². The van der Waals surface area contributed by atoms with Crippen molar-refractivity contribution in [2.45, 2.75) is 39.8 Å². The summed E-state index contributed by atoms with van der Waals surface area (Å²) in [5.41, 5.74) is 4.30. The molecule has 25 heavy (non-hydrogen) atoms. The summed E-state index contributed by atoms with van der Waals surface area (Å²) in [5.74, 6) is -0.426. The lowest BCUT2D eigenvalue weighted by Gasteiger charge is -2.14. The number of amides is 2. The van der Waals surface area contributed by atoms with E-state index in [4.69, 9.17) is 0 Å². The van der Waals surface area contributed by atoms with Crippen molar-refractivity contribution in [3.63, 3.8) is 0 Å². The van der Waals surface area contributed by atoms with E-state index in [9.17, 15) is 9.59 Å². The van der Waals surface area contributed by atoms with E-state index in [1.807, 2.05) is 26.8 Å². The van der Waals surface area contributed by atoms with Gasteiger partial charge in [-0.1, -0.05) is 6.07 Å². The molecule has 1 aromatic carbocycles. The maximum Gasteiger partial charge on any atom is 0.276 e. The summed E-state index contributed by atoms with van der Waals surface area (Å²) in [7, 11) is 0. The number of H-pyrrole nitrogens is 1. The number of hydrogen-bond donors (Lipinski definition) is 4. The molecule has 0 saturated heterocycles. The number of anilines is 1. The average molecular weight is 341 g/mol. The molecular formula is C18H23N5O2. The third-order valence-electron chi connectivity index (χ3n) is 4.18. The monoisotopic (exact) mass is 341 g/mol. The molecule has 0 unspecified atom stereocenters. The second-order valence-electron chi connectivity index (χ2n) is 6.57. The lowest BCUT2D eigenvalue weighted by molar-refractivity contribution is 0.0941. The minimum Gasteiger partial charge on any atom is -0.350 e. The Balaban J connectivity index is 1.80. The van der Waals surface area contributed by atoms with Gasteiger partial charge in [-0.25, -0.2) is 0 Å². The molecule has 0 atom stereocenters. The largest absolute Gasteiger partial charge is 0.350 e. The molecule has 2 aromatic rings. The van der Waals surface area contributed by atoms with E-state index >= 15 is 0 Å². The van der Waals surface area contributed by atoms with Gasteiger partial charge in [0.15, 0.2) is 5.69 Å². The highest BCUT2D eigenvalue weighted by molar-refractivity contribution is 6.05. The number of nitrogens with zero attached hydrogens (tertiary/aromatic N) is 1. The number of fused-ring (bicyclic) bond motifs is 1. The van der Waals surface area contributed by atoms with Gasteiger partial charge in [0, 0.05) is 48.1 Å². The number of aromatic nitrogens is 2. The Kier molecular flexibility index (Phi) is 4.85. The number of nitrogens with one attached hydrogen (secondary N) is 4. The van der Waals surface area contributed by atoms with Gasteiger partial charge in [0.05, 0.1) is 0 Å². The van der Waals surface area contributed by atoms with Crippen molar-refractivity contribution in [1.29, 1.82) is 0 Å². The predicted octanol–water partition coefficient (Wildman–Crippen LogP) is 1.75. The Bertz CT molecular complexity index is 810. The zero-order valence-corrected chi connectivity index (χ0v) is 14.7. The van der Waals surface area contributed by atoms with Crippen molar-refractivity contribution >= 4 is 17.5 Å². The predicted molar refractivity (Wildman–Crippen MR) is 95.7 cm³/mol. The van der Waals surface area contributed by atoms with Crippen LogP contribution in [0.1, 0.15) is 51.5 Å². The third-order valence-corrected chi connectivity index (χ3v) is 4.18. The molecule has 1 aromatic heterocycles. The summed E-state index contributed by atoms with van der Waals surface area (Å²) in [5, 5.41) is 16.0. The SMILES string of the molecule is Cc1ccc(NC(=O)c2n[nH]c3c2CNCC3)cc1C(=O)NC(C)C. The fraction of sp³-hybridized carbons (Fsp3) is 0.389. The van der Waals surface area contributed by atoms with Gasteiger partial charge in [-0.3, -0.25) is 14.7 Å². The van der Waals surface area contributed by atoms with Crippen LogP contribution in [0.3, 0.4) is 0 Å². The summed E-state index contributed by atoms with van der Waals surface area (Å²) in [6, 6.07) is 5.36. The number of hydrogen-bond acceptors (Lipinski definition) is 4. The van der Waals surface area contributed by atoms with Crippen LogP contribution in [0.2, 0.25) is 0 Å². The summed E-state index contributed by atoms with van der Waals surface area (Å²) < 4.78 is 0. The van der Waals surface area contributed by atoms with Gasteiger partial charge in [-0.05, 0) is 38.5 Å². The molecular weight excluding hydrogens is 318 g/mol. The van der Waals surface area contributed by atoms with E-state index in [0.29, 0.717) is 23.5 Å². The standard InChI is InChI=1S/C18H23N5O2/c1-10(2)20-17(24)13-8-12(5-4-11(13)3)21-18(25)16-14-9-19-7-6-15(14)22-23-16/h4-5,8,10,19H,6-7,9H2,1-3H3,(H,20,24)(H,21,25)(H,22,23). The first-order chi connectivity index (χ1) is 12.0. The summed E-state index contributed by atoms with van der Waals surface area (Å²) in [6.07, 6.45) is 0.833. The van der Waals surface area contributed by atoms with Gasteiger partial charge in [-0.2, -0.15) is 5.10 Å². The molecule has 2 amide bonds. The first-order valence-electron chi connectivity index (χ1n) is 8.45. The van der Waals surface area contributed by atoms with Crippen molar-refractivity contribution in [2.75, 3.05) is 11.9 Å². The Labute approximate surface area is 146 Å². The van der Waals surface area contributed by atoms with Crippen molar-refractivity contribution < 1.29 is 9.59 Å². The number of carbonyl (C=O) groups excluding carboxylic acids is 2. The van der Waals surface area contributed by atoms with E-state index in [2.05, 4.69) is 26.1 Å². The normalized spacial score (nSPS) is 13.4. The Morgan fingerprint density at radius 1 is 1.24 bits per heavy atom. The van der Waals surface area contributed by atoms with Crippen LogP contribution in [0.25, 0.3) is 0 Å². The van der Waals surface area contributed by atoms with Crippen LogP contribution in [-0.2, 0) is 13.0 Å². The smallest absolute Gasteiger partial charge is 0.276 e. The number of aryl methyl sites for hydroxylation is 1. The minimum atomic E-state index is -0.278. The number of carbonyl (C=O) groups is 2. The number of aromatic amines is 1. The number of rotatable bonds is 4. The molecule has 3 rings (SSSR count). The van der Waals surface area contributed by atoms with Crippen LogP contribution < -0.4 is 16.0 Å². The second-order valence-corrected chi connectivity index (χ2v) is 6.57. The highest BCUT2D eigenvalue weighted by Gasteiger charge is 2.22. The first-order valence-corrected chi connectivity index (χ1v) is 8.45. The van der Waals surface area contributed by atoms with Gasteiger partial charge in [0.2, 0.25) is 0 Å². The molecule has 2 heterocycles. The maximum absolute atomic E-state index is 12.6. The van der Waals surface area contributed by atoms with Gasteiger partial charge >= 0.3 is 0 Å². The van der Waals surface area contributed by atoms with Crippen molar-refractivity contribution in [3.8, 4) is 0 Å². The third kappa shape index (κ3) is 3.71. The molecule has 0 spiro atoms. The molecule has 7 heteroatoms. The van der Waals surface area contributed by atoms with Crippen LogP contribution in [0, 0.1) is 6.92 Å². The Hall–Kier alpha value is -2.67. The van der Waals surface area contributed by atoms with Crippen LogP contribution in [0.5, 0.6) is 0 Å². The van der Waals surface area contributed by atoms with Crippen molar-refractivity contribution in [1.82, 2.24) is 20.8 Å². The molecule has 0 bridgehead atoms. The highest BCUT2D eigenvalue weighted by Crippen LogP contribution is 2.19. The topological polar surface area (TPSA) is 98.9 Å². The maximum atomic E-state index is 12.6. The van der Waals surface area contributed by atoms with Gasteiger partial charge in [0.1, 0.15) is 0 Å². The summed E-state index contributed by atoms with van der Waals surface area (Å²) in [6.45, 7) is 7.20. The van der Waals surface area contributed by atoms with Gasteiger partial charge < -0.3 is 16.0 Å². The second kappa shape index (κ2) is 7.06. The lowest BCUT2D eigenvalue weighted by atomic mass is 10.1. The van der Waals surface area contributed by atoms with E-state index in [1.165, 1.54) is 0 Å². The molecule has 7 nitrogen and oxygen atoms in total. The highest BCUT2D eigenvalue weighted by atomic mass is 16.2. The van der Waals surface area contributed by atoms with E-state index in [1.54, 1.807) is 12.1 Å². The van der Waals surface area contributed by atoms with Crippen LogP contribution in [-0.4, -0.2) is 34.6 Å². The fourth-order valence-corrected chi connectivity index (χ4v) is 2.89. The molecule has 0 radical (unpaired) electrons. The van der Waals surface area contributed by atoms with Gasteiger partial charge in [0.25, 0.3) is 11.8 Å². The fourth-order valence-electron chi connectivity index (χ4n) is 2.89. The quantitative estimate of drug-likeness (QED) is 0.681. The van der Waals surface area contributed by atoms with E-state index < -0.39 is 0 Å². The van der Waals surface area contributed by atoms with E-state index in [0.717, 1.165) is 29.8 Å². The zero-order chi connectivity index (χ0) is 18.0.